The molecule has 0 spiro atoms. The molecule has 0 radical (unpaired) electrons. The van der Waals surface area contributed by atoms with Crippen LogP contribution in [0.15, 0.2) is 84.9 Å². The molecule has 6 heteroatoms. The molecule has 7 rings (SSSR count). The van der Waals surface area contributed by atoms with Crippen molar-refractivity contribution in [2.24, 2.45) is 7.05 Å². The van der Waals surface area contributed by atoms with Crippen LogP contribution in [0.25, 0.3) is 22.2 Å². The molecule has 1 unspecified atom stereocenters. The molecule has 3 heterocycles. The monoisotopic (exact) mass is 680 g/mol. The number of carbonyl (C=O) groups is 1. The first-order chi connectivity index (χ1) is 20.9. The molecule has 0 aliphatic carbocycles. The van der Waals surface area contributed by atoms with Crippen molar-refractivity contribution >= 4 is 39.5 Å². The summed E-state index contributed by atoms with van der Waals surface area (Å²) < 4.78 is 3.30. The van der Waals surface area contributed by atoms with Gasteiger partial charge in [0.25, 0.3) is 0 Å². The van der Waals surface area contributed by atoms with Gasteiger partial charge in [0.15, 0.2) is 0 Å². The Morgan fingerprint density at radius 2 is 1.60 bits per heavy atom. The normalized spacial score (nSPS) is 16.9. The molecule has 2 aliphatic heterocycles. The molecule has 4 aromatic carbocycles. The number of piperidine rings is 1. The van der Waals surface area contributed by atoms with Crippen LogP contribution in [0.1, 0.15) is 58.4 Å². The van der Waals surface area contributed by atoms with Gasteiger partial charge in [-0.1, -0.05) is 60.7 Å². The topological polar surface area (TPSA) is 41.4 Å². The van der Waals surface area contributed by atoms with Crippen LogP contribution < -0.4 is 0 Å². The number of carbonyl (C=O) groups excluding carboxylic acids is 1. The number of hydrogen-bond donors (Lipinski definition) is 0. The Morgan fingerprint density at radius 1 is 0.860 bits per heavy atom. The predicted molar refractivity (Wildman–Crippen MR) is 182 cm³/mol. The summed E-state index contributed by atoms with van der Waals surface area (Å²) in [5, 5.41) is 0. The molecule has 1 amide bonds. The lowest BCUT2D eigenvalue weighted by Gasteiger charge is -2.36. The maximum Gasteiger partial charge on any atom is 0.228 e. The number of imidazole rings is 1. The molecule has 2 aliphatic rings. The van der Waals surface area contributed by atoms with Gasteiger partial charge >= 0.3 is 0 Å². The average Bonchev–Trinajstić information content (AvgIpc) is 3.35. The van der Waals surface area contributed by atoms with E-state index in [0.717, 1.165) is 37.1 Å². The van der Waals surface area contributed by atoms with Crippen LogP contribution in [-0.2, 0) is 24.8 Å². The molecule has 1 fully saturated rings. The second-order valence-corrected chi connectivity index (χ2v) is 13.5. The number of likely N-dealkylation sites (tertiary alicyclic amines) is 1. The highest BCUT2D eigenvalue weighted by molar-refractivity contribution is 14.1. The van der Waals surface area contributed by atoms with Crippen molar-refractivity contribution in [1.29, 1.82) is 0 Å². The predicted octanol–water partition coefficient (Wildman–Crippen LogP) is 7.64. The van der Waals surface area contributed by atoms with Gasteiger partial charge in [-0.25, -0.2) is 4.98 Å². The fraction of sp³-hybridized carbons (Fsp3) is 0.297. The largest absolute Gasteiger partial charge is 0.329 e. The zero-order valence-corrected chi connectivity index (χ0v) is 27.2. The van der Waals surface area contributed by atoms with Crippen LogP contribution in [0.2, 0.25) is 0 Å². The van der Waals surface area contributed by atoms with E-state index in [-0.39, 0.29) is 11.9 Å². The Labute approximate surface area is 267 Å². The van der Waals surface area contributed by atoms with Crippen molar-refractivity contribution in [3.63, 3.8) is 0 Å². The van der Waals surface area contributed by atoms with Gasteiger partial charge in [0, 0.05) is 17.2 Å². The minimum absolute atomic E-state index is 0.137. The van der Waals surface area contributed by atoms with Crippen molar-refractivity contribution < 1.29 is 4.79 Å². The zero-order valence-electron chi connectivity index (χ0n) is 25.1. The van der Waals surface area contributed by atoms with Crippen LogP contribution in [0, 0.1) is 10.5 Å². The van der Waals surface area contributed by atoms with E-state index in [1.807, 2.05) is 23.1 Å². The van der Waals surface area contributed by atoms with Gasteiger partial charge < -0.3 is 14.4 Å². The minimum atomic E-state index is -0.278. The molecule has 43 heavy (non-hydrogen) atoms. The highest BCUT2D eigenvalue weighted by Gasteiger charge is 2.35. The lowest BCUT2D eigenvalue weighted by atomic mass is 9.88. The van der Waals surface area contributed by atoms with Gasteiger partial charge in [0.2, 0.25) is 5.91 Å². The minimum Gasteiger partial charge on any atom is -0.329 e. The van der Waals surface area contributed by atoms with Gasteiger partial charge in [0.05, 0.1) is 17.5 Å². The van der Waals surface area contributed by atoms with Gasteiger partial charge in [-0.15, -0.1) is 0 Å². The molecular formula is C37H37IN4O. The fourth-order valence-corrected chi connectivity index (χ4v) is 7.46. The maximum atomic E-state index is 14.0. The molecule has 1 saturated heterocycles. The Balaban J connectivity index is 1.21. The third kappa shape index (κ3) is 5.40. The summed E-state index contributed by atoms with van der Waals surface area (Å²) in [5.74, 6) is 1.68. The van der Waals surface area contributed by atoms with E-state index in [0.29, 0.717) is 18.9 Å². The molecule has 0 saturated carbocycles. The first-order valence-corrected chi connectivity index (χ1v) is 16.3. The van der Waals surface area contributed by atoms with Gasteiger partial charge in [0.1, 0.15) is 11.9 Å². The van der Waals surface area contributed by atoms with E-state index in [1.165, 1.54) is 48.2 Å². The van der Waals surface area contributed by atoms with Gasteiger partial charge in [-0.05, 0) is 132 Å². The number of hydrogen-bond acceptors (Lipinski definition) is 3. The molecule has 218 valence electrons. The number of nitrogens with zero attached hydrogens (tertiary/aromatic N) is 4. The van der Waals surface area contributed by atoms with E-state index in [9.17, 15) is 4.79 Å². The number of halogens is 1. The van der Waals surface area contributed by atoms with Crippen LogP contribution in [0.3, 0.4) is 0 Å². The standard InChI is InChI=1S/C37H37IN4O/c1-24-8-15-31(38)22-32(24)36(37-39-33-6-4-5-7-34(33)41(37)3)42-23-29-14-13-28(20-30(29)21-35(42)43)26-11-9-25(10-12-26)27-16-18-40(2)19-17-27/h4-15,20,22,27,36H,16-19,21,23H2,1-3H3. The number of aryl methyl sites for hydroxylation is 2. The first kappa shape index (κ1) is 28.3. The Bertz CT molecular complexity index is 1820. The van der Waals surface area contributed by atoms with Gasteiger partial charge in [-0.2, -0.15) is 0 Å². The molecule has 1 atom stereocenters. The number of amides is 1. The van der Waals surface area contributed by atoms with Crippen molar-refractivity contribution in [3.8, 4) is 11.1 Å². The SMILES string of the molecule is Cc1ccc(I)cc1C(c1nc2ccccc2n1C)N1Cc2ccc(-c3ccc(C4CCN(C)CC4)cc3)cc2CC1=O. The van der Waals surface area contributed by atoms with Crippen molar-refractivity contribution in [3.05, 3.63) is 122 Å². The van der Waals surface area contributed by atoms with Gasteiger partial charge in [-0.3, -0.25) is 4.79 Å². The van der Waals surface area contributed by atoms with Crippen LogP contribution in [0.5, 0.6) is 0 Å². The van der Waals surface area contributed by atoms with Crippen molar-refractivity contribution in [2.75, 3.05) is 20.1 Å². The summed E-state index contributed by atoms with van der Waals surface area (Å²) >= 11 is 2.37. The summed E-state index contributed by atoms with van der Waals surface area (Å²) in [6.45, 7) is 5.03. The molecule has 0 N–H and O–H groups in total. The summed E-state index contributed by atoms with van der Waals surface area (Å²) in [7, 11) is 4.27. The second kappa shape index (κ2) is 11.5. The third-order valence-electron chi connectivity index (χ3n) is 9.56. The van der Waals surface area contributed by atoms with Crippen LogP contribution in [0.4, 0.5) is 0 Å². The number of aromatic nitrogens is 2. The summed E-state index contributed by atoms with van der Waals surface area (Å²) in [6, 6.07) is 30.2. The average molecular weight is 681 g/mol. The van der Waals surface area contributed by atoms with Crippen molar-refractivity contribution in [1.82, 2.24) is 19.4 Å². The summed E-state index contributed by atoms with van der Waals surface area (Å²) in [4.78, 5) is 23.6. The van der Waals surface area contributed by atoms with Crippen LogP contribution >= 0.6 is 22.6 Å². The van der Waals surface area contributed by atoms with E-state index >= 15 is 0 Å². The molecule has 5 aromatic rings. The van der Waals surface area contributed by atoms with Crippen LogP contribution in [-0.4, -0.2) is 45.4 Å². The molecule has 1 aromatic heterocycles. The lowest BCUT2D eigenvalue weighted by molar-refractivity contribution is -0.134. The Hall–Kier alpha value is -3.49. The number of para-hydroxylation sites is 2. The fourth-order valence-electron chi connectivity index (χ4n) is 6.95. The van der Waals surface area contributed by atoms with E-state index in [1.54, 1.807) is 0 Å². The first-order valence-electron chi connectivity index (χ1n) is 15.2. The van der Waals surface area contributed by atoms with E-state index < -0.39 is 0 Å². The van der Waals surface area contributed by atoms with E-state index in [2.05, 4.69) is 120 Å². The highest BCUT2D eigenvalue weighted by Crippen LogP contribution is 2.38. The molecular weight excluding hydrogens is 643 g/mol. The number of rotatable bonds is 5. The Morgan fingerprint density at radius 3 is 2.37 bits per heavy atom. The lowest BCUT2D eigenvalue weighted by Crippen LogP contribution is -2.40. The number of fused-ring (bicyclic) bond motifs is 2. The quantitative estimate of drug-likeness (QED) is 0.179. The van der Waals surface area contributed by atoms with E-state index in [4.69, 9.17) is 4.98 Å². The molecule has 5 nitrogen and oxygen atoms in total. The molecule has 0 bridgehead atoms. The Kier molecular flexibility index (Phi) is 7.60. The summed E-state index contributed by atoms with van der Waals surface area (Å²) in [6.07, 6.45) is 2.84. The van der Waals surface area contributed by atoms with Crippen molar-refractivity contribution in [2.45, 2.75) is 44.7 Å². The number of benzene rings is 4. The third-order valence-corrected chi connectivity index (χ3v) is 10.2. The maximum absolute atomic E-state index is 14.0. The summed E-state index contributed by atoms with van der Waals surface area (Å²) in [5.41, 5.74) is 10.5. The zero-order chi connectivity index (χ0) is 29.7. The highest BCUT2D eigenvalue weighted by atomic mass is 127. The smallest absolute Gasteiger partial charge is 0.228 e. The second-order valence-electron chi connectivity index (χ2n) is 12.3.